The van der Waals surface area contributed by atoms with Gasteiger partial charge in [-0.1, -0.05) is 32.6 Å². The summed E-state index contributed by atoms with van der Waals surface area (Å²) in [6, 6.07) is 3.74. The van der Waals surface area contributed by atoms with E-state index in [0.717, 1.165) is 17.2 Å². The number of halogens is 2. The third kappa shape index (κ3) is 6.51. The van der Waals surface area contributed by atoms with Gasteiger partial charge >= 0.3 is 0 Å². The molecule has 2 aromatic heterocycles. The zero-order chi connectivity index (χ0) is 28.3. The summed E-state index contributed by atoms with van der Waals surface area (Å²) >= 11 is 0. The van der Waals surface area contributed by atoms with Gasteiger partial charge in [0.1, 0.15) is 18.1 Å². The number of non-ortho nitro benzene ring substituents is 1. The first kappa shape index (κ1) is 28.4. The fraction of sp³-hybridized carbons (Fsp3) is 0.407. The highest BCUT2D eigenvalue weighted by Gasteiger charge is 2.25. The monoisotopic (exact) mass is 558 g/mol. The number of carbonyl (C=O) groups excluding carboxylic acids is 1. The molecule has 0 spiro atoms. The van der Waals surface area contributed by atoms with Crippen molar-refractivity contribution in [1.82, 2.24) is 14.5 Å². The zero-order valence-electron chi connectivity index (χ0n) is 22.5. The topological polar surface area (TPSA) is 99.7 Å². The first-order valence-electron chi connectivity index (χ1n) is 12.8. The Kier molecular flexibility index (Phi) is 8.45. The molecule has 0 aliphatic carbocycles. The lowest BCUT2D eigenvalue weighted by molar-refractivity contribution is -0.385. The third-order valence-corrected chi connectivity index (χ3v) is 8.27. The van der Waals surface area contributed by atoms with Crippen LogP contribution in [0.2, 0.25) is 25.7 Å². The van der Waals surface area contributed by atoms with Gasteiger partial charge in [0.15, 0.2) is 17.4 Å². The maximum atomic E-state index is 14.7. The highest BCUT2D eigenvalue weighted by atomic mass is 28.3. The quantitative estimate of drug-likeness (QED) is 0.124. The number of hydrogen-bond donors (Lipinski definition) is 0. The molecule has 0 fully saturated rings. The van der Waals surface area contributed by atoms with E-state index in [1.54, 1.807) is 4.90 Å². The van der Waals surface area contributed by atoms with Crippen LogP contribution in [0.1, 0.15) is 25.3 Å². The third-order valence-electron chi connectivity index (χ3n) is 6.56. The SMILES string of the molecule is CCC(=O)N1CC=C(c2cn(COCC[Si](C)(C)C)c3nccc(Oc4c(F)cc([N+](=O)[O-])cc4F)c23)CC1. The van der Waals surface area contributed by atoms with Gasteiger partial charge in [-0.25, -0.2) is 13.8 Å². The molecule has 3 aromatic rings. The molecule has 1 aliphatic heterocycles. The van der Waals surface area contributed by atoms with Gasteiger partial charge in [-0.2, -0.15) is 0 Å². The summed E-state index contributed by atoms with van der Waals surface area (Å²) < 4.78 is 42.9. The molecule has 9 nitrogen and oxygen atoms in total. The number of carbonyl (C=O) groups is 1. The van der Waals surface area contributed by atoms with Crippen LogP contribution in [0.5, 0.6) is 11.5 Å². The van der Waals surface area contributed by atoms with E-state index in [-0.39, 0.29) is 18.4 Å². The highest BCUT2D eigenvalue weighted by Crippen LogP contribution is 2.39. The van der Waals surface area contributed by atoms with Crippen molar-refractivity contribution in [2.45, 2.75) is 52.2 Å². The number of pyridine rings is 1. The van der Waals surface area contributed by atoms with Crippen LogP contribution in [0.15, 0.2) is 36.7 Å². The number of nitro benzene ring substituents is 1. The summed E-state index contributed by atoms with van der Waals surface area (Å²) in [4.78, 5) is 28.6. The molecule has 0 radical (unpaired) electrons. The number of nitro groups is 1. The van der Waals surface area contributed by atoms with Gasteiger partial charge < -0.3 is 18.9 Å². The summed E-state index contributed by atoms with van der Waals surface area (Å²) in [6.07, 6.45) is 6.32. The van der Waals surface area contributed by atoms with E-state index in [0.29, 0.717) is 55.7 Å². The Morgan fingerprint density at radius 2 is 1.95 bits per heavy atom. The lowest BCUT2D eigenvalue weighted by Gasteiger charge is -2.26. The highest BCUT2D eigenvalue weighted by molar-refractivity contribution is 6.76. The van der Waals surface area contributed by atoms with Crippen molar-refractivity contribution in [3.8, 4) is 11.5 Å². The van der Waals surface area contributed by atoms with Crippen molar-refractivity contribution in [3.63, 3.8) is 0 Å². The maximum absolute atomic E-state index is 14.7. The maximum Gasteiger partial charge on any atom is 0.275 e. The van der Waals surface area contributed by atoms with Crippen molar-refractivity contribution in [1.29, 1.82) is 0 Å². The van der Waals surface area contributed by atoms with E-state index in [1.807, 2.05) is 23.8 Å². The summed E-state index contributed by atoms with van der Waals surface area (Å²) in [7, 11) is -1.29. The molecule has 0 unspecified atom stereocenters. The van der Waals surface area contributed by atoms with Gasteiger partial charge in [0.25, 0.3) is 5.69 Å². The van der Waals surface area contributed by atoms with Crippen molar-refractivity contribution in [2.24, 2.45) is 0 Å². The molecule has 208 valence electrons. The summed E-state index contributed by atoms with van der Waals surface area (Å²) in [5, 5.41) is 11.5. The van der Waals surface area contributed by atoms with Crippen molar-refractivity contribution < 1.29 is 28.0 Å². The second-order valence-electron chi connectivity index (χ2n) is 10.6. The molecule has 3 heterocycles. The van der Waals surface area contributed by atoms with Crippen LogP contribution in [0, 0.1) is 21.7 Å². The Hall–Kier alpha value is -3.64. The Morgan fingerprint density at radius 1 is 1.23 bits per heavy atom. The first-order chi connectivity index (χ1) is 18.5. The molecule has 1 aromatic carbocycles. The number of amides is 1. The molecule has 0 saturated heterocycles. The molecule has 0 atom stereocenters. The summed E-state index contributed by atoms with van der Waals surface area (Å²) in [5.74, 6) is -2.90. The zero-order valence-corrected chi connectivity index (χ0v) is 23.5. The Bertz CT molecular complexity index is 1410. The molecule has 1 aliphatic rings. The number of hydrogen-bond acceptors (Lipinski definition) is 6. The van der Waals surface area contributed by atoms with Crippen molar-refractivity contribution in [2.75, 3.05) is 19.7 Å². The molecular weight excluding hydrogens is 526 g/mol. The molecule has 4 rings (SSSR count). The smallest absolute Gasteiger partial charge is 0.275 e. The standard InChI is InChI=1S/C27H32F2N4O5Si/c1-5-24(34)31-10-7-18(8-11-31)20-16-32(17-37-12-13-39(2,3)4)27-25(20)23(6-9-30-27)38-26-21(28)14-19(33(35)36)15-22(26)29/h6-7,9,14-16H,5,8,10-13,17H2,1-4H3. The Labute approximate surface area is 226 Å². The fourth-order valence-corrected chi connectivity index (χ4v) is 5.13. The van der Waals surface area contributed by atoms with E-state index in [9.17, 15) is 23.7 Å². The Balaban J connectivity index is 1.74. The number of aromatic nitrogens is 2. The minimum Gasteiger partial charge on any atom is -0.450 e. The first-order valence-corrected chi connectivity index (χ1v) is 16.5. The molecule has 1 amide bonds. The molecule has 0 bridgehead atoms. The molecule has 39 heavy (non-hydrogen) atoms. The molecule has 0 saturated carbocycles. The summed E-state index contributed by atoms with van der Waals surface area (Å²) in [6.45, 7) is 10.4. The van der Waals surface area contributed by atoms with Gasteiger partial charge in [-0.15, -0.1) is 0 Å². The number of ether oxygens (including phenoxy) is 2. The van der Waals surface area contributed by atoms with Gasteiger partial charge in [0.2, 0.25) is 5.91 Å². The largest absolute Gasteiger partial charge is 0.450 e. The number of rotatable bonds is 10. The minimum atomic E-state index is -1.29. The predicted octanol–water partition coefficient (Wildman–Crippen LogP) is 6.35. The van der Waals surface area contributed by atoms with E-state index in [4.69, 9.17) is 9.47 Å². The number of fused-ring (bicyclic) bond motifs is 1. The van der Waals surface area contributed by atoms with Crippen LogP contribution in [0.3, 0.4) is 0 Å². The molecule has 12 heteroatoms. The molecular formula is C27H32F2N4O5Si. The van der Waals surface area contributed by atoms with Crippen LogP contribution >= 0.6 is 0 Å². The van der Waals surface area contributed by atoms with Gasteiger partial charge in [0.05, 0.1) is 22.4 Å². The lowest BCUT2D eigenvalue weighted by Crippen LogP contribution is -2.34. The van der Waals surface area contributed by atoms with Crippen LogP contribution in [0.4, 0.5) is 14.5 Å². The van der Waals surface area contributed by atoms with Crippen LogP contribution in [-0.4, -0.2) is 53.1 Å². The van der Waals surface area contributed by atoms with E-state index < -0.39 is 36.1 Å². The van der Waals surface area contributed by atoms with Crippen LogP contribution in [-0.2, 0) is 16.3 Å². The number of benzene rings is 1. The predicted molar refractivity (Wildman–Crippen MR) is 146 cm³/mol. The van der Waals surface area contributed by atoms with Gasteiger partial charge in [-0.05, 0) is 24.1 Å². The van der Waals surface area contributed by atoms with Crippen LogP contribution < -0.4 is 4.74 Å². The van der Waals surface area contributed by atoms with Crippen molar-refractivity contribution in [3.05, 3.63) is 64.0 Å². The molecule has 0 N–H and O–H groups in total. The average molecular weight is 559 g/mol. The number of nitrogens with zero attached hydrogens (tertiary/aromatic N) is 4. The minimum absolute atomic E-state index is 0.0679. The second-order valence-corrected chi connectivity index (χ2v) is 16.3. The van der Waals surface area contributed by atoms with Gasteiger partial charge in [0, 0.05) is 52.1 Å². The van der Waals surface area contributed by atoms with Gasteiger partial charge in [-0.3, -0.25) is 14.9 Å². The van der Waals surface area contributed by atoms with E-state index in [2.05, 4.69) is 24.6 Å². The normalized spacial score (nSPS) is 14.0. The summed E-state index contributed by atoms with van der Waals surface area (Å²) in [5.41, 5.74) is 1.50. The fourth-order valence-electron chi connectivity index (χ4n) is 4.38. The lowest BCUT2D eigenvalue weighted by atomic mass is 9.99. The second kappa shape index (κ2) is 11.6. The Morgan fingerprint density at radius 3 is 2.54 bits per heavy atom. The van der Waals surface area contributed by atoms with E-state index in [1.165, 1.54) is 12.3 Å². The average Bonchev–Trinajstić information content (AvgIpc) is 3.27. The van der Waals surface area contributed by atoms with Crippen molar-refractivity contribution >= 4 is 36.3 Å². The van der Waals surface area contributed by atoms with Crippen LogP contribution in [0.25, 0.3) is 16.6 Å². The van der Waals surface area contributed by atoms with E-state index >= 15 is 0 Å².